The lowest BCUT2D eigenvalue weighted by Gasteiger charge is -2.08. The fourth-order valence-electron chi connectivity index (χ4n) is 3.45. The van der Waals surface area contributed by atoms with Gasteiger partial charge in [0.15, 0.2) is 8.29 Å². The Morgan fingerprint density at radius 1 is 1.50 bits per heavy atom. The van der Waals surface area contributed by atoms with E-state index >= 15 is 0 Å². The second kappa shape index (κ2) is 5.79. The van der Waals surface area contributed by atoms with Crippen LogP contribution in [0.4, 0.5) is 0 Å². The molecule has 1 fully saturated rings. The molecule has 0 saturated heterocycles. The Morgan fingerprint density at radius 2 is 2.36 bits per heavy atom. The van der Waals surface area contributed by atoms with E-state index in [-0.39, 0.29) is 5.91 Å². The summed E-state index contributed by atoms with van der Waals surface area (Å²) in [6.45, 7) is 0.791. The molecule has 1 amide bonds. The smallest absolute Gasteiger partial charge is 0.230 e. The number of aromatic amines is 1. The summed E-state index contributed by atoms with van der Waals surface area (Å²) in [5.41, 5.74) is 2.99. The lowest BCUT2D eigenvalue weighted by Crippen LogP contribution is -2.28. The van der Waals surface area contributed by atoms with Crippen molar-refractivity contribution in [2.75, 3.05) is 12.3 Å². The Kier molecular flexibility index (Phi) is 3.79. The van der Waals surface area contributed by atoms with Crippen molar-refractivity contribution in [2.24, 2.45) is 11.8 Å². The van der Waals surface area contributed by atoms with Crippen LogP contribution in [0.2, 0.25) is 0 Å². The number of benzene rings is 1. The minimum absolute atomic E-state index is 0.0735. The number of hydrogen-bond donors (Lipinski definition) is 2. The minimum atomic E-state index is 0.0735. The van der Waals surface area contributed by atoms with Gasteiger partial charge in [0.05, 0.1) is 5.75 Å². The molecule has 1 heterocycles. The molecule has 1 aromatic carbocycles. The Morgan fingerprint density at radius 3 is 3.18 bits per heavy atom. The molecule has 4 nitrogen and oxygen atoms in total. The third kappa shape index (κ3) is 2.73. The van der Waals surface area contributed by atoms with Crippen LogP contribution in [0.25, 0.3) is 0 Å². The average Bonchev–Trinajstić information content (AvgIpc) is 2.84. The molecule has 2 aliphatic rings. The number of nitrogens with zero attached hydrogens (tertiary/aromatic N) is 1. The van der Waals surface area contributed by atoms with Gasteiger partial charge in [-0.1, -0.05) is 47.4 Å². The third-order valence-electron chi connectivity index (χ3n) is 4.48. The summed E-state index contributed by atoms with van der Waals surface area (Å²) < 4.78 is 1.46. The van der Waals surface area contributed by atoms with Crippen LogP contribution >= 0.6 is 35.3 Å². The van der Waals surface area contributed by atoms with Gasteiger partial charge in [0.25, 0.3) is 0 Å². The fourth-order valence-corrected chi connectivity index (χ4v) is 5.36. The van der Waals surface area contributed by atoms with Crippen molar-refractivity contribution < 1.29 is 4.79 Å². The van der Waals surface area contributed by atoms with E-state index < -0.39 is 0 Å². The summed E-state index contributed by atoms with van der Waals surface area (Å²) >= 11 is 7.80. The summed E-state index contributed by atoms with van der Waals surface area (Å²) in [7, 11) is 0. The van der Waals surface area contributed by atoms with E-state index in [1.54, 1.807) is 0 Å². The number of amides is 1. The SMILES string of the molecule is O=C(CSc1n[nH]c(=S)s1)NC[C@@H]1[C@@H]2Cc3ccccc3[C@H]12. The number of carbonyl (C=O) groups is 1. The molecule has 4 rings (SSSR count). The maximum absolute atomic E-state index is 11.9. The van der Waals surface area contributed by atoms with Crippen LogP contribution in [0.15, 0.2) is 28.6 Å². The number of thioether (sulfide) groups is 1. The largest absolute Gasteiger partial charge is 0.355 e. The van der Waals surface area contributed by atoms with Gasteiger partial charge >= 0.3 is 0 Å². The lowest BCUT2D eigenvalue weighted by atomic mass is 10.0. The highest BCUT2D eigenvalue weighted by atomic mass is 32.2. The van der Waals surface area contributed by atoms with Crippen molar-refractivity contribution in [3.05, 3.63) is 39.3 Å². The summed E-state index contributed by atoms with van der Waals surface area (Å²) in [5, 5.41) is 9.82. The van der Waals surface area contributed by atoms with Crippen molar-refractivity contribution in [3.8, 4) is 0 Å². The second-order valence-electron chi connectivity index (χ2n) is 5.73. The van der Waals surface area contributed by atoms with Crippen LogP contribution in [0.3, 0.4) is 0 Å². The summed E-state index contributed by atoms with van der Waals surface area (Å²) in [4.78, 5) is 11.9. The molecule has 0 aliphatic heterocycles. The maximum atomic E-state index is 11.9. The normalized spacial score (nSPS) is 24.6. The first-order valence-electron chi connectivity index (χ1n) is 7.25. The first-order chi connectivity index (χ1) is 10.7. The molecule has 0 radical (unpaired) electrons. The zero-order valence-electron chi connectivity index (χ0n) is 11.7. The third-order valence-corrected chi connectivity index (χ3v) is 6.71. The molecule has 2 aliphatic carbocycles. The molecule has 0 unspecified atom stereocenters. The Labute approximate surface area is 141 Å². The molecule has 0 bridgehead atoms. The number of rotatable bonds is 5. The van der Waals surface area contributed by atoms with Gasteiger partial charge in [-0.05, 0) is 47.5 Å². The van der Waals surface area contributed by atoms with Crippen molar-refractivity contribution in [2.45, 2.75) is 16.7 Å². The number of aromatic nitrogens is 2. The molecule has 114 valence electrons. The van der Waals surface area contributed by atoms with Gasteiger partial charge in [0.2, 0.25) is 5.91 Å². The highest BCUT2D eigenvalue weighted by Crippen LogP contribution is 2.60. The molecule has 7 heteroatoms. The zero-order valence-corrected chi connectivity index (χ0v) is 14.2. The van der Waals surface area contributed by atoms with E-state index in [0.29, 0.717) is 21.5 Å². The summed E-state index contributed by atoms with van der Waals surface area (Å²) in [6.07, 6.45) is 1.17. The molecule has 2 N–H and O–H groups in total. The molecule has 22 heavy (non-hydrogen) atoms. The monoisotopic (exact) mass is 349 g/mol. The molecular formula is C15H15N3OS3. The first kappa shape index (κ1) is 14.4. The van der Waals surface area contributed by atoms with E-state index in [2.05, 4.69) is 39.8 Å². The average molecular weight is 350 g/mol. The molecule has 0 spiro atoms. The van der Waals surface area contributed by atoms with E-state index in [0.717, 1.165) is 16.8 Å². The highest BCUT2D eigenvalue weighted by Gasteiger charge is 2.54. The quantitative estimate of drug-likeness (QED) is 0.644. The van der Waals surface area contributed by atoms with Gasteiger partial charge in [-0.2, -0.15) is 5.10 Å². The van der Waals surface area contributed by atoms with Crippen molar-refractivity contribution >= 4 is 41.2 Å². The van der Waals surface area contributed by atoms with Crippen LogP contribution in [0.5, 0.6) is 0 Å². The molecule has 1 saturated carbocycles. The van der Waals surface area contributed by atoms with Crippen LogP contribution in [0.1, 0.15) is 17.0 Å². The van der Waals surface area contributed by atoms with E-state index in [1.807, 2.05) is 0 Å². The number of H-pyrrole nitrogens is 1. The van der Waals surface area contributed by atoms with Gasteiger partial charge in [0.1, 0.15) is 0 Å². The standard InChI is InChI=1S/C15H15N3OS3/c19-12(7-21-15-18-17-14(20)22-15)16-6-11-10-5-8-3-1-2-4-9(8)13(10)11/h1-4,10-11,13H,5-7H2,(H,16,19)(H,17,20)/t10-,11+,13-/m0/s1. The van der Waals surface area contributed by atoms with Gasteiger partial charge in [-0.25, -0.2) is 0 Å². The Hall–Kier alpha value is -1.18. The van der Waals surface area contributed by atoms with Gasteiger partial charge in [-0.3, -0.25) is 9.89 Å². The van der Waals surface area contributed by atoms with Crippen LogP contribution in [0, 0.1) is 15.8 Å². The topological polar surface area (TPSA) is 57.8 Å². The number of fused-ring (bicyclic) bond motifs is 3. The maximum Gasteiger partial charge on any atom is 0.230 e. The Balaban J connectivity index is 1.25. The zero-order chi connectivity index (χ0) is 15.1. The van der Waals surface area contributed by atoms with E-state index in [4.69, 9.17) is 12.2 Å². The number of carbonyl (C=O) groups excluding carboxylic acids is 1. The fraction of sp³-hybridized carbons (Fsp3) is 0.400. The number of hydrogen-bond acceptors (Lipinski definition) is 5. The highest BCUT2D eigenvalue weighted by molar-refractivity contribution is 8.01. The second-order valence-corrected chi connectivity index (χ2v) is 8.62. The van der Waals surface area contributed by atoms with Gasteiger partial charge < -0.3 is 5.32 Å². The van der Waals surface area contributed by atoms with Crippen LogP contribution < -0.4 is 5.32 Å². The predicted molar refractivity (Wildman–Crippen MR) is 90.9 cm³/mol. The van der Waals surface area contributed by atoms with Crippen molar-refractivity contribution in [1.82, 2.24) is 15.5 Å². The van der Waals surface area contributed by atoms with Crippen LogP contribution in [-0.2, 0) is 11.2 Å². The molecule has 1 aromatic heterocycles. The molecule has 2 aromatic rings. The van der Waals surface area contributed by atoms with Gasteiger partial charge in [-0.15, -0.1) is 0 Å². The van der Waals surface area contributed by atoms with Gasteiger partial charge in [0, 0.05) is 6.54 Å². The summed E-state index contributed by atoms with van der Waals surface area (Å²) in [5.74, 6) is 2.50. The van der Waals surface area contributed by atoms with Crippen LogP contribution in [-0.4, -0.2) is 28.4 Å². The van der Waals surface area contributed by atoms with E-state index in [1.165, 1.54) is 40.6 Å². The van der Waals surface area contributed by atoms with Crippen molar-refractivity contribution in [3.63, 3.8) is 0 Å². The number of nitrogens with one attached hydrogen (secondary N) is 2. The summed E-state index contributed by atoms with van der Waals surface area (Å²) in [6, 6.07) is 8.70. The predicted octanol–water partition coefficient (Wildman–Crippen LogP) is 2.99. The molecular weight excluding hydrogens is 334 g/mol. The Bertz CT molecular complexity index is 769. The lowest BCUT2D eigenvalue weighted by molar-refractivity contribution is -0.118. The minimum Gasteiger partial charge on any atom is -0.355 e. The first-order valence-corrected chi connectivity index (χ1v) is 9.46. The molecule has 3 atom stereocenters. The van der Waals surface area contributed by atoms with E-state index in [9.17, 15) is 4.79 Å². The van der Waals surface area contributed by atoms with Crippen molar-refractivity contribution in [1.29, 1.82) is 0 Å².